The van der Waals surface area contributed by atoms with Crippen LogP contribution in [0.5, 0.6) is 0 Å². The number of aliphatic hydroxyl groups excluding tert-OH is 2. The Bertz CT molecular complexity index is 473. The van der Waals surface area contributed by atoms with E-state index < -0.39 is 5.17 Å². The lowest BCUT2D eigenvalue weighted by Gasteiger charge is -2.19. The summed E-state index contributed by atoms with van der Waals surface area (Å²) in [6, 6.07) is 5.96. The minimum Gasteiger partial charge on any atom is -0.487 e. The van der Waals surface area contributed by atoms with Crippen molar-refractivity contribution < 1.29 is 10.2 Å². The molecule has 0 aliphatic carbocycles. The van der Waals surface area contributed by atoms with Crippen LogP contribution in [0.3, 0.4) is 0 Å². The third-order valence-corrected chi connectivity index (χ3v) is 2.64. The number of nitrogens with two attached hydrogens (primary N) is 1. The molecule has 4 N–H and O–H groups in total. The lowest BCUT2D eigenvalue weighted by Crippen LogP contribution is -2.31. The number of thiocarbonyl (C=S) groups is 2. The van der Waals surface area contributed by atoms with E-state index in [0.29, 0.717) is 19.5 Å². The highest BCUT2D eigenvalue weighted by Crippen LogP contribution is 2.03. The Balaban J connectivity index is 0.000000885. The van der Waals surface area contributed by atoms with Crippen LogP contribution < -0.4 is 5.73 Å². The molecule has 0 saturated carbocycles. The highest BCUT2D eigenvalue weighted by Gasteiger charge is 2.06. The lowest BCUT2D eigenvalue weighted by atomic mass is 10.1. The number of rotatable bonds is 6. The van der Waals surface area contributed by atoms with Crippen molar-refractivity contribution in [2.45, 2.75) is 19.3 Å². The largest absolute Gasteiger partial charge is 0.487 e. The normalized spacial score (nSPS) is 8.90. The van der Waals surface area contributed by atoms with Crippen molar-refractivity contribution in [3.05, 3.63) is 30.1 Å². The summed E-state index contributed by atoms with van der Waals surface area (Å²) < 4.78 is 0. The maximum Gasteiger partial charge on any atom is 0.256 e. The smallest absolute Gasteiger partial charge is 0.256 e. The van der Waals surface area contributed by atoms with Gasteiger partial charge in [0, 0.05) is 25.5 Å². The number of pyridine rings is 1. The molecule has 1 rings (SSSR count). The van der Waals surface area contributed by atoms with E-state index in [2.05, 4.69) is 22.9 Å². The molecule has 0 atom stereocenters. The van der Waals surface area contributed by atoms with Crippen LogP contribution in [-0.2, 0) is 6.42 Å². The Labute approximate surface area is 134 Å². The Hall–Kier alpha value is -1.98. The Kier molecular flexibility index (Phi) is 10.7. The van der Waals surface area contributed by atoms with Gasteiger partial charge >= 0.3 is 0 Å². The van der Waals surface area contributed by atoms with Gasteiger partial charge < -0.3 is 20.8 Å². The number of aliphatic hydroxyl groups is 2. The summed E-state index contributed by atoms with van der Waals surface area (Å²) >= 11 is 8.59. The van der Waals surface area contributed by atoms with Gasteiger partial charge in [-0.15, -0.1) is 0 Å². The Morgan fingerprint density at radius 3 is 2.52 bits per heavy atom. The van der Waals surface area contributed by atoms with Crippen molar-refractivity contribution in [2.75, 3.05) is 13.1 Å². The summed E-state index contributed by atoms with van der Waals surface area (Å²) in [6.07, 6.45) is 5.70. The first kappa shape index (κ1) is 19.0. The molecule has 0 fully saturated rings. The second kappa shape index (κ2) is 11.8. The Morgan fingerprint density at radius 1 is 1.38 bits per heavy atom. The molecule has 0 aliphatic heterocycles. The summed E-state index contributed by atoms with van der Waals surface area (Å²) in [5, 5.41) is 24.7. The van der Waals surface area contributed by atoms with Crippen molar-refractivity contribution in [1.29, 1.82) is 5.26 Å². The number of hydrogen-bond donors (Lipinski definition) is 3. The first-order valence-electron chi connectivity index (χ1n) is 6.19. The fraction of sp³-hybridized carbons (Fsp3) is 0.385. The first-order chi connectivity index (χ1) is 9.97. The third kappa shape index (κ3) is 11.5. The quantitative estimate of drug-likeness (QED) is 0.680. The highest BCUT2D eigenvalue weighted by atomic mass is 32.1. The van der Waals surface area contributed by atoms with Crippen molar-refractivity contribution in [2.24, 2.45) is 5.73 Å². The predicted molar refractivity (Wildman–Crippen MR) is 89.0 cm³/mol. The third-order valence-electron chi connectivity index (χ3n) is 2.38. The van der Waals surface area contributed by atoms with Crippen molar-refractivity contribution in [3.8, 4) is 6.07 Å². The van der Waals surface area contributed by atoms with E-state index >= 15 is 0 Å². The minimum absolute atomic E-state index is 0.133. The number of nitrogens with zero attached hydrogens (tertiary/aromatic N) is 3. The zero-order chi connectivity index (χ0) is 16.1. The lowest BCUT2D eigenvalue weighted by molar-refractivity contribution is 0.345. The molecule has 0 bridgehead atoms. The molecule has 0 amide bonds. The number of aromatic nitrogens is 1. The van der Waals surface area contributed by atoms with Crippen LogP contribution in [0.25, 0.3) is 0 Å². The fourth-order valence-corrected chi connectivity index (χ4v) is 1.69. The molecule has 1 aromatic rings. The van der Waals surface area contributed by atoms with E-state index in [4.69, 9.17) is 22.6 Å². The standard InChI is InChI=1S/C12H15N3OS.CH3NOS/c13-6-3-9-15(12(16)17)8-2-5-11-4-1-7-14-10-11;2-1(3)4/h1,4,7,10H,2-3,5,8-9H2,(H,16,17);(H3,2,3,4). The molecule has 21 heavy (non-hydrogen) atoms. The number of aryl methyl sites for hydroxylation is 1. The monoisotopic (exact) mass is 326 g/mol. The van der Waals surface area contributed by atoms with Gasteiger partial charge in [0.2, 0.25) is 0 Å². The maximum atomic E-state index is 9.27. The molecule has 1 aromatic heterocycles. The SMILES string of the molecule is N#CCCN(CCCc1cccnc1)C(O)=S.NC(O)=S. The van der Waals surface area contributed by atoms with Gasteiger partial charge in [-0.3, -0.25) is 4.98 Å². The van der Waals surface area contributed by atoms with Gasteiger partial charge in [-0.25, -0.2) is 0 Å². The summed E-state index contributed by atoms with van der Waals surface area (Å²) in [7, 11) is 0. The van der Waals surface area contributed by atoms with E-state index in [1.807, 2.05) is 24.4 Å². The molecular formula is C13H18N4O2S2. The molecule has 0 spiro atoms. The van der Waals surface area contributed by atoms with Crippen molar-refractivity contribution >= 4 is 34.8 Å². The molecule has 0 aliphatic rings. The molecule has 0 unspecified atom stereocenters. The summed E-state index contributed by atoms with van der Waals surface area (Å²) in [6.45, 7) is 1.14. The fourth-order valence-electron chi connectivity index (χ4n) is 1.51. The number of hydrogen-bond acceptors (Lipinski definition) is 4. The van der Waals surface area contributed by atoms with Gasteiger partial charge in [-0.05, 0) is 48.9 Å². The summed E-state index contributed by atoms with van der Waals surface area (Å²) in [5.74, 6) is 0. The van der Waals surface area contributed by atoms with E-state index in [1.165, 1.54) is 0 Å². The van der Waals surface area contributed by atoms with Gasteiger partial charge in [0.15, 0.2) is 0 Å². The van der Waals surface area contributed by atoms with Crippen LogP contribution in [0.4, 0.5) is 0 Å². The molecule has 6 nitrogen and oxygen atoms in total. The molecular weight excluding hydrogens is 308 g/mol. The highest BCUT2D eigenvalue weighted by molar-refractivity contribution is 7.80. The zero-order valence-corrected chi connectivity index (χ0v) is 13.1. The maximum absolute atomic E-state index is 9.27. The van der Waals surface area contributed by atoms with Gasteiger partial charge in [0.05, 0.1) is 12.5 Å². The summed E-state index contributed by atoms with van der Waals surface area (Å²) in [4.78, 5) is 5.68. The average molecular weight is 326 g/mol. The Morgan fingerprint density at radius 2 is 2.05 bits per heavy atom. The first-order valence-corrected chi connectivity index (χ1v) is 7.01. The van der Waals surface area contributed by atoms with E-state index in [-0.39, 0.29) is 5.17 Å². The van der Waals surface area contributed by atoms with Gasteiger partial charge in [-0.1, -0.05) is 6.07 Å². The van der Waals surface area contributed by atoms with Crippen molar-refractivity contribution in [1.82, 2.24) is 9.88 Å². The van der Waals surface area contributed by atoms with Crippen LogP contribution in [0.15, 0.2) is 24.5 Å². The number of nitriles is 1. The van der Waals surface area contributed by atoms with Crippen LogP contribution in [0, 0.1) is 11.3 Å². The molecule has 8 heteroatoms. The predicted octanol–water partition coefficient (Wildman–Crippen LogP) is 1.86. The topological polar surface area (TPSA) is 106 Å². The average Bonchev–Trinajstić information content (AvgIpc) is 2.42. The minimum atomic E-state index is -0.500. The summed E-state index contributed by atoms with van der Waals surface area (Å²) in [5.41, 5.74) is 5.56. The van der Waals surface area contributed by atoms with E-state index in [9.17, 15) is 5.11 Å². The molecule has 114 valence electrons. The second-order valence-electron chi connectivity index (χ2n) is 3.98. The van der Waals surface area contributed by atoms with Gasteiger partial charge in [0.1, 0.15) is 0 Å². The molecule has 0 saturated heterocycles. The van der Waals surface area contributed by atoms with Crippen LogP contribution in [0.2, 0.25) is 0 Å². The van der Waals surface area contributed by atoms with Gasteiger partial charge in [-0.2, -0.15) is 5.26 Å². The van der Waals surface area contributed by atoms with E-state index in [0.717, 1.165) is 18.4 Å². The zero-order valence-electron chi connectivity index (χ0n) is 11.5. The molecule has 1 heterocycles. The van der Waals surface area contributed by atoms with Crippen LogP contribution in [-0.4, -0.2) is 43.5 Å². The van der Waals surface area contributed by atoms with E-state index in [1.54, 1.807) is 11.1 Å². The van der Waals surface area contributed by atoms with Crippen LogP contribution in [0.1, 0.15) is 18.4 Å². The van der Waals surface area contributed by atoms with Gasteiger partial charge in [0.25, 0.3) is 10.3 Å². The van der Waals surface area contributed by atoms with Crippen LogP contribution >= 0.6 is 24.4 Å². The molecule has 0 radical (unpaired) electrons. The second-order valence-corrected chi connectivity index (χ2v) is 4.76. The molecule has 0 aromatic carbocycles. The van der Waals surface area contributed by atoms with Crippen molar-refractivity contribution in [3.63, 3.8) is 0 Å².